The zero-order chi connectivity index (χ0) is 20.1. The molecule has 1 aliphatic heterocycles. The van der Waals surface area contributed by atoms with Gasteiger partial charge < -0.3 is 19.9 Å². The Balaban J connectivity index is 1.58. The van der Waals surface area contributed by atoms with Crippen LogP contribution in [0.4, 0.5) is 16.3 Å². The predicted molar refractivity (Wildman–Crippen MR) is 109 cm³/mol. The van der Waals surface area contributed by atoms with Crippen LogP contribution in [-0.4, -0.2) is 54.7 Å². The van der Waals surface area contributed by atoms with Gasteiger partial charge in [-0.2, -0.15) is 0 Å². The zero-order valence-corrected chi connectivity index (χ0v) is 16.7. The number of ether oxygens (including phenoxy) is 1. The topological polar surface area (TPSA) is 74.8 Å². The summed E-state index contributed by atoms with van der Waals surface area (Å²) in [4.78, 5) is 32.3. The first-order chi connectivity index (χ1) is 13.5. The van der Waals surface area contributed by atoms with Gasteiger partial charge in [-0.3, -0.25) is 0 Å². The molecule has 1 aliphatic rings. The zero-order valence-electron chi connectivity index (χ0n) is 15.9. The van der Waals surface area contributed by atoms with Crippen molar-refractivity contribution in [1.29, 1.82) is 0 Å². The number of hydrogen-bond donors (Lipinski definition) is 1. The Morgan fingerprint density at radius 2 is 1.86 bits per heavy atom. The molecule has 1 N–H and O–H groups in total. The number of rotatable bonds is 4. The second kappa shape index (κ2) is 8.93. The van der Waals surface area contributed by atoms with E-state index in [1.807, 2.05) is 36.1 Å². The van der Waals surface area contributed by atoms with Gasteiger partial charge in [-0.1, -0.05) is 29.3 Å². The molecule has 0 unspecified atom stereocenters. The molecule has 7 nitrogen and oxygen atoms in total. The molecule has 1 aromatic heterocycles. The van der Waals surface area contributed by atoms with Crippen LogP contribution in [0.5, 0.6) is 0 Å². The van der Waals surface area contributed by atoms with Crippen LogP contribution in [0.3, 0.4) is 0 Å². The molecule has 0 bridgehead atoms. The van der Waals surface area contributed by atoms with Gasteiger partial charge in [0, 0.05) is 38.1 Å². The molecule has 3 rings (SSSR count). The van der Waals surface area contributed by atoms with Crippen LogP contribution in [0.2, 0.25) is 5.02 Å². The van der Waals surface area contributed by atoms with Crippen molar-refractivity contribution in [1.82, 2.24) is 9.88 Å². The van der Waals surface area contributed by atoms with Crippen LogP contribution in [0.1, 0.15) is 22.8 Å². The fourth-order valence-corrected chi connectivity index (χ4v) is 3.24. The summed E-state index contributed by atoms with van der Waals surface area (Å²) < 4.78 is 4.96. The number of pyridine rings is 1. The Morgan fingerprint density at radius 3 is 2.46 bits per heavy atom. The number of nitrogens with one attached hydrogen (secondary N) is 1. The standard InChI is InChI=1S/C20H23ClN4O3/c1-3-28-19(26)15-12-17(21)18(22-13-15)24-8-10-25(11-9-24)20(27)23-16-6-4-14(2)5-7-16/h4-7,12-13H,3,8-11H2,1-2H3,(H,23,27). The smallest absolute Gasteiger partial charge is 0.339 e. The number of hydrogen-bond acceptors (Lipinski definition) is 5. The molecule has 0 saturated carbocycles. The van der Waals surface area contributed by atoms with Gasteiger partial charge in [0.2, 0.25) is 0 Å². The van der Waals surface area contributed by atoms with E-state index in [1.54, 1.807) is 17.9 Å². The Hall–Kier alpha value is -2.80. The van der Waals surface area contributed by atoms with Crippen molar-refractivity contribution in [3.63, 3.8) is 0 Å². The highest BCUT2D eigenvalue weighted by Crippen LogP contribution is 2.25. The van der Waals surface area contributed by atoms with Crippen LogP contribution in [-0.2, 0) is 4.74 Å². The van der Waals surface area contributed by atoms with Gasteiger partial charge in [0.15, 0.2) is 0 Å². The number of esters is 1. The SMILES string of the molecule is CCOC(=O)c1cnc(N2CCN(C(=O)Nc3ccc(C)cc3)CC2)c(Cl)c1. The summed E-state index contributed by atoms with van der Waals surface area (Å²) in [7, 11) is 0. The fourth-order valence-electron chi connectivity index (χ4n) is 2.95. The first-order valence-electron chi connectivity index (χ1n) is 9.18. The molecule has 0 atom stereocenters. The second-order valence-corrected chi connectivity index (χ2v) is 6.93. The van der Waals surface area contributed by atoms with Gasteiger partial charge >= 0.3 is 12.0 Å². The Morgan fingerprint density at radius 1 is 1.18 bits per heavy atom. The van der Waals surface area contributed by atoms with Gasteiger partial charge in [0.1, 0.15) is 5.82 Å². The van der Waals surface area contributed by atoms with Crippen molar-refractivity contribution >= 4 is 35.1 Å². The number of aromatic nitrogens is 1. The molecule has 0 aliphatic carbocycles. The van der Waals surface area contributed by atoms with E-state index in [1.165, 1.54) is 6.20 Å². The minimum Gasteiger partial charge on any atom is -0.462 e. The number of halogens is 1. The van der Waals surface area contributed by atoms with E-state index in [0.717, 1.165) is 11.3 Å². The third-order valence-corrected chi connectivity index (χ3v) is 4.78. The third-order valence-electron chi connectivity index (χ3n) is 4.50. The molecular weight excluding hydrogens is 380 g/mol. The Bertz CT molecular complexity index is 849. The van der Waals surface area contributed by atoms with E-state index in [0.29, 0.717) is 49.2 Å². The van der Waals surface area contributed by atoms with Crippen LogP contribution < -0.4 is 10.2 Å². The van der Waals surface area contributed by atoms with Crippen molar-refractivity contribution < 1.29 is 14.3 Å². The number of carbonyl (C=O) groups excluding carboxylic acids is 2. The lowest BCUT2D eigenvalue weighted by Gasteiger charge is -2.35. The number of aryl methyl sites for hydroxylation is 1. The van der Waals surface area contributed by atoms with E-state index < -0.39 is 5.97 Å². The van der Waals surface area contributed by atoms with Gasteiger partial charge in [-0.05, 0) is 32.0 Å². The molecule has 0 spiro atoms. The first-order valence-corrected chi connectivity index (χ1v) is 9.56. The maximum absolute atomic E-state index is 12.4. The number of anilines is 2. The van der Waals surface area contributed by atoms with Crippen LogP contribution in [0.25, 0.3) is 0 Å². The molecule has 1 saturated heterocycles. The summed E-state index contributed by atoms with van der Waals surface area (Å²) >= 11 is 6.32. The molecule has 2 aromatic rings. The molecular formula is C20H23ClN4O3. The molecule has 1 fully saturated rings. The van der Waals surface area contributed by atoms with E-state index in [-0.39, 0.29) is 6.03 Å². The number of urea groups is 1. The lowest BCUT2D eigenvalue weighted by Crippen LogP contribution is -2.50. The van der Waals surface area contributed by atoms with Crippen molar-refractivity contribution in [2.45, 2.75) is 13.8 Å². The van der Waals surface area contributed by atoms with Gasteiger partial charge in [0.25, 0.3) is 0 Å². The van der Waals surface area contributed by atoms with E-state index in [9.17, 15) is 9.59 Å². The second-order valence-electron chi connectivity index (χ2n) is 6.52. The lowest BCUT2D eigenvalue weighted by molar-refractivity contribution is 0.0526. The molecule has 148 valence electrons. The van der Waals surface area contributed by atoms with Crippen LogP contribution in [0, 0.1) is 6.92 Å². The maximum Gasteiger partial charge on any atom is 0.339 e. The van der Waals surface area contributed by atoms with Crippen molar-refractivity contribution in [2.24, 2.45) is 0 Å². The summed E-state index contributed by atoms with van der Waals surface area (Å²) in [6, 6.07) is 9.14. The average Bonchev–Trinajstić information content (AvgIpc) is 2.70. The van der Waals surface area contributed by atoms with Gasteiger partial charge in [-0.25, -0.2) is 14.6 Å². The lowest BCUT2D eigenvalue weighted by atomic mass is 10.2. The van der Waals surface area contributed by atoms with Crippen LogP contribution in [0.15, 0.2) is 36.5 Å². The summed E-state index contributed by atoms with van der Waals surface area (Å²) in [6.07, 6.45) is 1.47. The van der Waals surface area contributed by atoms with E-state index in [4.69, 9.17) is 16.3 Å². The van der Waals surface area contributed by atoms with Crippen molar-refractivity contribution in [2.75, 3.05) is 43.0 Å². The van der Waals surface area contributed by atoms with E-state index in [2.05, 4.69) is 10.3 Å². The van der Waals surface area contributed by atoms with Crippen molar-refractivity contribution in [3.8, 4) is 0 Å². The molecule has 1 aromatic carbocycles. The Kier molecular flexibility index (Phi) is 6.36. The number of amides is 2. The molecule has 28 heavy (non-hydrogen) atoms. The normalized spacial score (nSPS) is 14.0. The van der Waals surface area contributed by atoms with E-state index >= 15 is 0 Å². The summed E-state index contributed by atoms with van der Waals surface area (Å²) in [5.41, 5.74) is 2.24. The third kappa shape index (κ3) is 4.72. The number of piperazine rings is 1. The minimum atomic E-state index is -0.443. The average molecular weight is 403 g/mol. The summed E-state index contributed by atoms with van der Waals surface area (Å²) in [5, 5.41) is 3.30. The first kappa shape index (κ1) is 19.9. The quantitative estimate of drug-likeness (QED) is 0.791. The molecule has 2 amide bonds. The number of carbonyl (C=O) groups is 2. The monoisotopic (exact) mass is 402 g/mol. The predicted octanol–water partition coefficient (Wildman–Crippen LogP) is 3.57. The van der Waals surface area contributed by atoms with Gasteiger partial charge in [-0.15, -0.1) is 0 Å². The number of nitrogens with zero attached hydrogens (tertiary/aromatic N) is 3. The molecule has 2 heterocycles. The summed E-state index contributed by atoms with van der Waals surface area (Å²) in [5.74, 6) is 0.161. The van der Waals surface area contributed by atoms with Crippen molar-refractivity contribution in [3.05, 3.63) is 52.7 Å². The highest BCUT2D eigenvalue weighted by Gasteiger charge is 2.24. The maximum atomic E-state index is 12.4. The summed E-state index contributed by atoms with van der Waals surface area (Å²) in [6.45, 7) is 6.36. The highest BCUT2D eigenvalue weighted by atomic mass is 35.5. The largest absolute Gasteiger partial charge is 0.462 e. The minimum absolute atomic E-state index is 0.125. The number of benzene rings is 1. The van der Waals surface area contributed by atoms with Crippen LogP contribution >= 0.6 is 11.6 Å². The highest BCUT2D eigenvalue weighted by molar-refractivity contribution is 6.33. The molecule has 8 heteroatoms. The fraction of sp³-hybridized carbons (Fsp3) is 0.350. The Labute approximate surface area is 169 Å². The van der Waals surface area contributed by atoms with Gasteiger partial charge in [0.05, 0.1) is 17.2 Å². The molecule has 0 radical (unpaired) electrons.